The summed E-state index contributed by atoms with van der Waals surface area (Å²) in [5.41, 5.74) is 0. The number of anilines is 1. The Morgan fingerprint density at radius 3 is 3.00 bits per heavy atom. The number of hydrogen-bond acceptors (Lipinski definition) is 4. The maximum Gasteiger partial charge on any atom is 0.144 e. The zero-order valence-corrected chi connectivity index (χ0v) is 10.2. The lowest BCUT2D eigenvalue weighted by atomic mass is 9.98. The normalized spacial score (nSPS) is 26.3. The summed E-state index contributed by atoms with van der Waals surface area (Å²) >= 11 is 3.26. The van der Waals surface area contributed by atoms with Crippen molar-refractivity contribution in [1.29, 1.82) is 0 Å². The van der Waals surface area contributed by atoms with Gasteiger partial charge in [-0.05, 0) is 28.3 Å². The Hall–Kier alpha value is -0.680. The van der Waals surface area contributed by atoms with Crippen LogP contribution in [-0.4, -0.2) is 29.2 Å². The molecule has 0 radical (unpaired) electrons. The van der Waals surface area contributed by atoms with Crippen molar-refractivity contribution in [2.75, 3.05) is 18.5 Å². The lowest BCUT2D eigenvalue weighted by molar-refractivity contribution is 0.0537. The molecule has 0 amide bonds. The van der Waals surface area contributed by atoms with E-state index in [-0.39, 0.29) is 0 Å². The molecule has 1 aliphatic rings. The van der Waals surface area contributed by atoms with Crippen LogP contribution in [0.25, 0.3) is 0 Å². The fourth-order valence-corrected chi connectivity index (χ4v) is 1.88. The molecule has 2 atom stereocenters. The van der Waals surface area contributed by atoms with Crippen molar-refractivity contribution in [3.63, 3.8) is 0 Å². The van der Waals surface area contributed by atoms with Gasteiger partial charge in [0.25, 0.3) is 0 Å². The molecule has 2 rings (SSSR count). The summed E-state index contributed by atoms with van der Waals surface area (Å²) in [6, 6.07) is 0.439. The molecule has 2 heterocycles. The van der Waals surface area contributed by atoms with E-state index in [9.17, 15) is 0 Å². The molecule has 1 aliphatic heterocycles. The van der Waals surface area contributed by atoms with E-state index in [0.29, 0.717) is 12.0 Å². The smallest absolute Gasteiger partial charge is 0.144 e. The van der Waals surface area contributed by atoms with Crippen molar-refractivity contribution < 1.29 is 4.74 Å². The van der Waals surface area contributed by atoms with E-state index in [0.717, 1.165) is 30.1 Å². The minimum atomic E-state index is 0.439. The van der Waals surface area contributed by atoms with Crippen LogP contribution in [0.2, 0.25) is 0 Å². The minimum absolute atomic E-state index is 0.439. The average Bonchev–Trinajstić information content (AvgIpc) is 2.25. The van der Waals surface area contributed by atoms with E-state index in [1.54, 1.807) is 12.4 Å². The fourth-order valence-electron chi connectivity index (χ4n) is 1.67. The Bertz CT molecular complexity index is 317. The van der Waals surface area contributed by atoms with Gasteiger partial charge in [0.1, 0.15) is 10.4 Å². The van der Waals surface area contributed by atoms with E-state index in [2.05, 4.69) is 38.1 Å². The predicted molar refractivity (Wildman–Crippen MR) is 61.7 cm³/mol. The van der Waals surface area contributed by atoms with Gasteiger partial charge in [-0.2, -0.15) is 0 Å². The molecule has 5 heteroatoms. The molecule has 0 saturated carbocycles. The van der Waals surface area contributed by atoms with Gasteiger partial charge in [0.05, 0.1) is 19.0 Å². The largest absolute Gasteiger partial charge is 0.381 e. The van der Waals surface area contributed by atoms with Crippen LogP contribution in [-0.2, 0) is 4.74 Å². The van der Waals surface area contributed by atoms with Gasteiger partial charge in [0.15, 0.2) is 0 Å². The summed E-state index contributed by atoms with van der Waals surface area (Å²) in [5, 5.41) is 3.38. The van der Waals surface area contributed by atoms with Crippen LogP contribution in [0.3, 0.4) is 0 Å². The maximum atomic E-state index is 5.39. The fraction of sp³-hybridized carbons (Fsp3) is 0.600. The van der Waals surface area contributed by atoms with Gasteiger partial charge in [-0.25, -0.2) is 9.97 Å². The van der Waals surface area contributed by atoms with Crippen molar-refractivity contribution in [1.82, 2.24) is 9.97 Å². The molecule has 0 spiro atoms. The zero-order chi connectivity index (χ0) is 10.7. The Balaban J connectivity index is 1.98. The molecule has 1 aromatic rings. The van der Waals surface area contributed by atoms with E-state index in [4.69, 9.17) is 4.74 Å². The van der Waals surface area contributed by atoms with Gasteiger partial charge in [-0.1, -0.05) is 6.92 Å². The first-order valence-corrected chi connectivity index (χ1v) is 5.87. The number of halogens is 1. The molecule has 1 N–H and O–H groups in total. The van der Waals surface area contributed by atoms with Crippen molar-refractivity contribution in [3.05, 3.63) is 17.0 Å². The molecule has 0 aromatic carbocycles. The Morgan fingerprint density at radius 2 is 2.33 bits per heavy atom. The van der Waals surface area contributed by atoms with E-state index in [1.807, 2.05) is 0 Å². The molecule has 0 aliphatic carbocycles. The highest BCUT2D eigenvalue weighted by atomic mass is 79.9. The van der Waals surface area contributed by atoms with Crippen molar-refractivity contribution in [3.8, 4) is 0 Å². The molecular formula is C10H14BrN3O. The molecule has 4 nitrogen and oxygen atoms in total. The highest BCUT2D eigenvalue weighted by molar-refractivity contribution is 9.10. The summed E-state index contributed by atoms with van der Waals surface area (Å²) in [4.78, 5) is 8.38. The molecule has 1 saturated heterocycles. The third-order valence-corrected chi connectivity index (χ3v) is 3.00. The van der Waals surface area contributed by atoms with Crippen LogP contribution in [0.4, 0.5) is 5.82 Å². The van der Waals surface area contributed by atoms with Crippen LogP contribution in [0, 0.1) is 5.92 Å². The molecule has 0 bridgehead atoms. The van der Waals surface area contributed by atoms with E-state index in [1.165, 1.54) is 0 Å². The standard InChI is InChI=1S/C10H14BrN3O/c1-7-6-15-3-2-8(7)14-10-5-12-9(11)4-13-10/h4-5,7-8H,2-3,6H2,1H3,(H,13,14). The molecule has 1 aromatic heterocycles. The third kappa shape index (κ3) is 2.89. The predicted octanol–water partition coefficient (Wildman–Crippen LogP) is 2.08. The van der Waals surface area contributed by atoms with Crippen LogP contribution in [0.15, 0.2) is 17.0 Å². The van der Waals surface area contributed by atoms with E-state index < -0.39 is 0 Å². The summed E-state index contributed by atoms with van der Waals surface area (Å²) < 4.78 is 6.14. The quantitative estimate of drug-likeness (QED) is 0.895. The van der Waals surface area contributed by atoms with Gasteiger partial charge in [-0.3, -0.25) is 0 Å². The number of hydrogen-bond donors (Lipinski definition) is 1. The number of nitrogens with zero attached hydrogens (tertiary/aromatic N) is 2. The average molecular weight is 272 g/mol. The summed E-state index contributed by atoms with van der Waals surface area (Å²) in [6.07, 6.45) is 4.47. The van der Waals surface area contributed by atoms with Gasteiger partial charge in [0, 0.05) is 12.6 Å². The maximum absolute atomic E-state index is 5.39. The zero-order valence-electron chi connectivity index (χ0n) is 8.61. The highest BCUT2D eigenvalue weighted by Crippen LogP contribution is 2.18. The molecule has 82 valence electrons. The molecular weight excluding hydrogens is 258 g/mol. The third-order valence-electron chi connectivity index (χ3n) is 2.59. The van der Waals surface area contributed by atoms with Gasteiger partial charge in [-0.15, -0.1) is 0 Å². The van der Waals surface area contributed by atoms with E-state index >= 15 is 0 Å². The molecule has 15 heavy (non-hydrogen) atoms. The first-order chi connectivity index (χ1) is 7.25. The molecule has 2 unspecified atom stereocenters. The first kappa shape index (κ1) is 10.8. The summed E-state index contributed by atoms with van der Waals surface area (Å²) in [7, 11) is 0. The lowest BCUT2D eigenvalue weighted by Crippen LogP contribution is -2.36. The minimum Gasteiger partial charge on any atom is -0.381 e. The van der Waals surface area contributed by atoms with Gasteiger partial charge >= 0.3 is 0 Å². The highest BCUT2D eigenvalue weighted by Gasteiger charge is 2.21. The number of ether oxygens (including phenoxy) is 1. The van der Waals surface area contributed by atoms with Gasteiger partial charge < -0.3 is 10.1 Å². The number of nitrogens with one attached hydrogen (secondary N) is 1. The Morgan fingerprint density at radius 1 is 1.47 bits per heavy atom. The second-order valence-corrected chi connectivity index (χ2v) is 4.63. The van der Waals surface area contributed by atoms with Crippen LogP contribution in [0.5, 0.6) is 0 Å². The Kier molecular flexibility index (Phi) is 3.53. The van der Waals surface area contributed by atoms with Gasteiger partial charge in [0.2, 0.25) is 0 Å². The summed E-state index contributed by atoms with van der Waals surface area (Å²) in [6.45, 7) is 3.83. The SMILES string of the molecule is CC1COCCC1Nc1cnc(Br)cn1. The Labute approximate surface area is 97.6 Å². The van der Waals surface area contributed by atoms with Crippen LogP contribution in [0.1, 0.15) is 13.3 Å². The number of aromatic nitrogens is 2. The monoisotopic (exact) mass is 271 g/mol. The topological polar surface area (TPSA) is 47.0 Å². The van der Waals surface area contributed by atoms with Crippen molar-refractivity contribution >= 4 is 21.7 Å². The number of rotatable bonds is 2. The van der Waals surface area contributed by atoms with Crippen molar-refractivity contribution in [2.45, 2.75) is 19.4 Å². The first-order valence-electron chi connectivity index (χ1n) is 5.07. The van der Waals surface area contributed by atoms with Crippen LogP contribution < -0.4 is 5.32 Å². The molecule has 1 fully saturated rings. The summed E-state index contributed by atoms with van der Waals surface area (Å²) in [5.74, 6) is 1.35. The van der Waals surface area contributed by atoms with Crippen LogP contribution >= 0.6 is 15.9 Å². The lowest BCUT2D eigenvalue weighted by Gasteiger charge is -2.29. The second-order valence-electron chi connectivity index (χ2n) is 3.82. The second kappa shape index (κ2) is 4.90. The van der Waals surface area contributed by atoms with Crippen molar-refractivity contribution in [2.24, 2.45) is 5.92 Å².